The van der Waals surface area contributed by atoms with Gasteiger partial charge in [0.2, 0.25) is 5.82 Å². The number of nitrogens with one attached hydrogen (secondary N) is 1. The van der Waals surface area contributed by atoms with Crippen LogP contribution < -0.4 is 10.2 Å². The molecule has 2 aliphatic rings. The fourth-order valence-corrected chi connectivity index (χ4v) is 3.75. The van der Waals surface area contributed by atoms with Gasteiger partial charge in [-0.1, -0.05) is 0 Å². The van der Waals surface area contributed by atoms with Crippen molar-refractivity contribution >= 4 is 29.1 Å². The van der Waals surface area contributed by atoms with Crippen molar-refractivity contribution in [3.8, 4) is 0 Å². The number of likely N-dealkylation sites (tertiary alicyclic amines) is 1. The maximum Gasteiger partial charge on any atom is 0.410 e. The molecular formula is C20H24N6O4. The Morgan fingerprint density at radius 2 is 1.93 bits per heavy atom. The zero-order valence-electron chi connectivity index (χ0n) is 17.2. The standard InChI is InChI=1S/C20H24N6O4/c1-19(2,3)30-18(27)24-12-20(13-24)8-11-25(20)16-5-4-15(26(28)29)17(23-16)22-14-6-9-21-10-7-14/h4-7,9-10H,8,11-13H2,1-3H3,(H,21,22,23). The van der Waals surface area contributed by atoms with E-state index in [1.165, 1.54) is 6.07 Å². The van der Waals surface area contributed by atoms with Crippen LogP contribution in [0.4, 0.5) is 27.8 Å². The lowest BCUT2D eigenvalue weighted by Crippen LogP contribution is -2.78. The third-order valence-electron chi connectivity index (χ3n) is 5.27. The van der Waals surface area contributed by atoms with Crippen molar-refractivity contribution in [1.29, 1.82) is 0 Å². The van der Waals surface area contributed by atoms with Crippen LogP contribution in [0, 0.1) is 10.1 Å². The first-order valence-electron chi connectivity index (χ1n) is 9.75. The van der Waals surface area contributed by atoms with E-state index in [1.807, 2.05) is 20.8 Å². The summed E-state index contributed by atoms with van der Waals surface area (Å²) in [7, 11) is 0. The van der Waals surface area contributed by atoms with E-state index in [1.54, 1.807) is 35.5 Å². The first kappa shape index (κ1) is 19.9. The zero-order chi connectivity index (χ0) is 21.5. The number of anilines is 3. The topological polar surface area (TPSA) is 114 Å². The molecule has 2 aromatic heterocycles. The molecule has 0 saturated carbocycles. The Labute approximate surface area is 174 Å². The molecule has 1 amide bonds. The summed E-state index contributed by atoms with van der Waals surface area (Å²) in [5.41, 5.74) is -0.162. The fourth-order valence-electron chi connectivity index (χ4n) is 3.75. The summed E-state index contributed by atoms with van der Waals surface area (Å²) in [5.74, 6) is 0.821. The number of nitro groups is 1. The highest BCUT2D eigenvalue weighted by molar-refractivity contribution is 5.72. The summed E-state index contributed by atoms with van der Waals surface area (Å²) in [4.78, 5) is 35.5. The molecule has 2 aliphatic heterocycles. The SMILES string of the molecule is CC(C)(C)OC(=O)N1CC2(CCN2c2ccc([N+](=O)[O-])c(Nc3ccncc3)n2)C1. The van der Waals surface area contributed by atoms with Crippen molar-refractivity contribution in [2.75, 3.05) is 29.9 Å². The van der Waals surface area contributed by atoms with Crippen LogP contribution in [0.2, 0.25) is 0 Å². The number of carbonyl (C=O) groups excluding carboxylic acids is 1. The Bertz CT molecular complexity index is 969. The molecule has 0 bridgehead atoms. The number of ether oxygens (including phenoxy) is 1. The second-order valence-electron chi connectivity index (χ2n) is 8.62. The van der Waals surface area contributed by atoms with Crippen molar-refractivity contribution < 1.29 is 14.5 Å². The van der Waals surface area contributed by atoms with E-state index >= 15 is 0 Å². The van der Waals surface area contributed by atoms with Crippen molar-refractivity contribution in [2.24, 2.45) is 0 Å². The molecule has 2 saturated heterocycles. The lowest BCUT2D eigenvalue weighted by molar-refractivity contribution is -0.384. The Hall–Kier alpha value is -3.43. The first-order valence-corrected chi connectivity index (χ1v) is 9.75. The molecule has 0 unspecified atom stereocenters. The molecule has 0 aromatic carbocycles. The zero-order valence-corrected chi connectivity index (χ0v) is 17.2. The monoisotopic (exact) mass is 412 g/mol. The Morgan fingerprint density at radius 3 is 2.50 bits per heavy atom. The summed E-state index contributed by atoms with van der Waals surface area (Å²) in [6.45, 7) is 7.40. The molecule has 30 heavy (non-hydrogen) atoms. The molecule has 1 spiro atoms. The average Bonchev–Trinajstić information content (AvgIpc) is 2.59. The highest BCUT2D eigenvalue weighted by Crippen LogP contribution is 2.43. The molecule has 0 aliphatic carbocycles. The first-order chi connectivity index (χ1) is 14.2. The number of nitrogens with zero attached hydrogens (tertiary/aromatic N) is 5. The predicted octanol–water partition coefficient (Wildman–Crippen LogP) is 3.33. The van der Waals surface area contributed by atoms with E-state index in [4.69, 9.17) is 4.74 Å². The maximum absolute atomic E-state index is 12.3. The minimum absolute atomic E-state index is 0.103. The van der Waals surface area contributed by atoms with Crippen molar-refractivity contribution in [3.05, 3.63) is 46.8 Å². The molecule has 2 aromatic rings. The van der Waals surface area contributed by atoms with Gasteiger partial charge in [-0.2, -0.15) is 0 Å². The molecule has 10 heteroatoms. The number of carbonyl (C=O) groups is 1. The predicted molar refractivity (Wildman–Crippen MR) is 111 cm³/mol. The van der Waals surface area contributed by atoms with Gasteiger partial charge < -0.3 is 19.9 Å². The quantitative estimate of drug-likeness (QED) is 0.601. The van der Waals surface area contributed by atoms with Gasteiger partial charge >= 0.3 is 11.8 Å². The van der Waals surface area contributed by atoms with Crippen LogP contribution in [0.3, 0.4) is 0 Å². The van der Waals surface area contributed by atoms with Gasteiger partial charge in [-0.15, -0.1) is 0 Å². The van der Waals surface area contributed by atoms with E-state index in [2.05, 4.69) is 20.2 Å². The van der Waals surface area contributed by atoms with Gasteiger partial charge in [-0.3, -0.25) is 15.1 Å². The molecule has 10 nitrogen and oxygen atoms in total. The Kier molecular flexibility index (Phi) is 4.71. The number of rotatable bonds is 4. The van der Waals surface area contributed by atoms with Crippen LogP contribution in [0.5, 0.6) is 0 Å². The molecule has 158 valence electrons. The second-order valence-corrected chi connectivity index (χ2v) is 8.62. The van der Waals surface area contributed by atoms with Crippen molar-refractivity contribution in [1.82, 2.24) is 14.9 Å². The lowest BCUT2D eigenvalue weighted by Gasteiger charge is -2.62. The van der Waals surface area contributed by atoms with Gasteiger partial charge in [0.1, 0.15) is 11.4 Å². The summed E-state index contributed by atoms with van der Waals surface area (Å²) < 4.78 is 5.43. The van der Waals surface area contributed by atoms with Crippen molar-refractivity contribution in [3.63, 3.8) is 0 Å². The number of pyridine rings is 2. The fraction of sp³-hybridized carbons (Fsp3) is 0.450. The normalized spacial score (nSPS) is 17.2. The van der Waals surface area contributed by atoms with Gasteiger partial charge in [-0.05, 0) is 45.4 Å². The Morgan fingerprint density at radius 1 is 1.23 bits per heavy atom. The molecule has 0 radical (unpaired) electrons. The van der Waals surface area contributed by atoms with Gasteiger partial charge in [0, 0.05) is 43.8 Å². The molecular weight excluding hydrogens is 388 g/mol. The highest BCUT2D eigenvalue weighted by atomic mass is 16.6. The second kappa shape index (κ2) is 7.12. The third-order valence-corrected chi connectivity index (χ3v) is 5.27. The van der Waals surface area contributed by atoms with E-state index in [9.17, 15) is 14.9 Å². The van der Waals surface area contributed by atoms with E-state index in [0.717, 1.165) is 13.0 Å². The Balaban J connectivity index is 1.51. The van der Waals surface area contributed by atoms with Gasteiger partial charge in [0.15, 0.2) is 0 Å². The smallest absolute Gasteiger partial charge is 0.410 e. The highest BCUT2D eigenvalue weighted by Gasteiger charge is 2.56. The minimum Gasteiger partial charge on any atom is -0.444 e. The lowest BCUT2D eigenvalue weighted by atomic mass is 9.77. The number of hydrogen-bond donors (Lipinski definition) is 1. The average molecular weight is 412 g/mol. The van der Waals surface area contributed by atoms with Gasteiger partial charge in [0.25, 0.3) is 0 Å². The summed E-state index contributed by atoms with van der Waals surface area (Å²) in [6.07, 6.45) is 3.80. The maximum atomic E-state index is 12.3. The number of aromatic nitrogens is 2. The molecule has 4 heterocycles. The number of hydrogen-bond acceptors (Lipinski definition) is 8. The number of amides is 1. The van der Waals surface area contributed by atoms with E-state index in [0.29, 0.717) is 24.6 Å². The molecule has 0 atom stereocenters. The van der Waals surface area contributed by atoms with Crippen LogP contribution in [0.1, 0.15) is 27.2 Å². The van der Waals surface area contributed by atoms with Crippen LogP contribution >= 0.6 is 0 Å². The van der Waals surface area contributed by atoms with Gasteiger partial charge in [-0.25, -0.2) is 9.78 Å². The van der Waals surface area contributed by atoms with Crippen LogP contribution in [0.15, 0.2) is 36.7 Å². The van der Waals surface area contributed by atoms with Crippen LogP contribution in [-0.2, 0) is 4.74 Å². The molecule has 4 rings (SSSR count). The van der Waals surface area contributed by atoms with E-state index in [-0.39, 0.29) is 23.1 Å². The summed E-state index contributed by atoms with van der Waals surface area (Å²) in [5, 5.41) is 14.5. The van der Waals surface area contributed by atoms with Crippen LogP contribution in [0.25, 0.3) is 0 Å². The summed E-state index contributed by atoms with van der Waals surface area (Å²) >= 11 is 0. The molecule has 2 fully saturated rings. The largest absolute Gasteiger partial charge is 0.444 e. The minimum atomic E-state index is -0.535. The van der Waals surface area contributed by atoms with Crippen molar-refractivity contribution in [2.45, 2.75) is 38.3 Å². The summed E-state index contributed by atoms with van der Waals surface area (Å²) in [6, 6.07) is 6.55. The van der Waals surface area contributed by atoms with E-state index < -0.39 is 10.5 Å². The third kappa shape index (κ3) is 3.72. The molecule has 1 N–H and O–H groups in total. The van der Waals surface area contributed by atoms with Crippen LogP contribution in [-0.4, -0.2) is 56.7 Å². The van der Waals surface area contributed by atoms with Gasteiger partial charge in [0.05, 0.1) is 10.5 Å².